The molecule has 8 nitrogen and oxygen atoms in total. The Balaban J connectivity index is 1.76. The first kappa shape index (κ1) is 27.7. The highest BCUT2D eigenvalue weighted by molar-refractivity contribution is 5.69. The van der Waals surface area contributed by atoms with E-state index in [0.29, 0.717) is 12.1 Å². The summed E-state index contributed by atoms with van der Waals surface area (Å²) in [6.45, 7) is 5.46. The van der Waals surface area contributed by atoms with Crippen LogP contribution in [0.25, 0.3) is 0 Å². The maximum atomic E-state index is 13.1. The summed E-state index contributed by atoms with van der Waals surface area (Å²) in [5, 5.41) is 14.0. The molecule has 0 saturated carbocycles. The summed E-state index contributed by atoms with van der Waals surface area (Å²) in [5.74, 6) is 0. The second-order valence-electron chi connectivity index (χ2n) is 9.75. The molecule has 196 valence electrons. The Kier molecular flexibility index (Phi) is 10.0. The molecule has 0 bridgehead atoms. The molecule has 37 heavy (non-hydrogen) atoms. The van der Waals surface area contributed by atoms with Gasteiger partial charge in [-0.3, -0.25) is 9.88 Å². The number of benzene rings is 2. The lowest BCUT2D eigenvalue weighted by Gasteiger charge is -2.30. The number of hydrogen-bond acceptors (Lipinski definition) is 6. The summed E-state index contributed by atoms with van der Waals surface area (Å²) < 4.78 is 11.0. The van der Waals surface area contributed by atoms with Gasteiger partial charge in [0, 0.05) is 6.20 Å². The number of carbonyl (C=O) groups excluding carboxylic acids is 2. The van der Waals surface area contributed by atoms with Gasteiger partial charge in [0.2, 0.25) is 0 Å². The van der Waals surface area contributed by atoms with Gasteiger partial charge in [0.25, 0.3) is 0 Å². The quantitative estimate of drug-likeness (QED) is 0.414. The van der Waals surface area contributed by atoms with Gasteiger partial charge in [-0.05, 0) is 50.5 Å². The van der Waals surface area contributed by atoms with Gasteiger partial charge in [0.15, 0.2) is 0 Å². The molecule has 2 atom stereocenters. The summed E-state index contributed by atoms with van der Waals surface area (Å²) in [7, 11) is 0. The van der Waals surface area contributed by atoms with Crippen molar-refractivity contribution in [2.75, 3.05) is 6.54 Å². The van der Waals surface area contributed by atoms with Crippen LogP contribution in [0.5, 0.6) is 0 Å². The van der Waals surface area contributed by atoms with E-state index in [4.69, 9.17) is 9.47 Å². The molecule has 0 radical (unpaired) electrons. The minimum absolute atomic E-state index is 0.0858. The molecule has 0 aliphatic carbocycles. The Labute approximate surface area is 218 Å². The van der Waals surface area contributed by atoms with E-state index >= 15 is 0 Å². The molecule has 2 aromatic carbocycles. The molecule has 3 aromatic rings. The fourth-order valence-electron chi connectivity index (χ4n) is 3.66. The van der Waals surface area contributed by atoms with Crippen molar-refractivity contribution in [3.05, 3.63) is 102 Å². The average Bonchev–Trinajstić information content (AvgIpc) is 2.87. The summed E-state index contributed by atoms with van der Waals surface area (Å²) in [6, 6.07) is 23.6. The molecule has 2 amide bonds. The molecule has 3 rings (SSSR count). The second-order valence-corrected chi connectivity index (χ2v) is 9.75. The van der Waals surface area contributed by atoms with E-state index in [9.17, 15) is 14.7 Å². The maximum Gasteiger partial charge on any atom is 0.410 e. The number of carbonyl (C=O) groups is 2. The minimum Gasteiger partial charge on any atom is -0.445 e. The third kappa shape index (κ3) is 9.93. The van der Waals surface area contributed by atoms with Gasteiger partial charge < -0.3 is 19.9 Å². The van der Waals surface area contributed by atoms with Crippen molar-refractivity contribution in [2.24, 2.45) is 0 Å². The first-order chi connectivity index (χ1) is 17.7. The topological polar surface area (TPSA) is 101 Å². The van der Waals surface area contributed by atoms with Crippen LogP contribution in [0.3, 0.4) is 0 Å². The lowest BCUT2D eigenvalue weighted by Crippen LogP contribution is -2.51. The zero-order valence-corrected chi connectivity index (χ0v) is 21.5. The molecule has 0 saturated heterocycles. The number of ether oxygens (including phenoxy) is 2. The predicted octanol–water partition coefficient (Wildman–Crippen LogP) is 4.72. The van der Waals surface area contributed by atoms with Gasteiger partial charge >= 0.3 is 12.2 Å². The molecule has 2 N–H and O–H groups in total. The van der Waals surface area contributed by atoms with E-state index in [2.05, 4.69) is 10.3 Å². The number of pyridine rings is 1. The van der Waals surface area contributed by atoms with Crippen LogP contribution in [-0.4, -0.2) is 51.5 Å². The lowest BCUT2D eigenvalue weighted by molar-refractivity contribution is 0.0326. The number of hydrogen-bond donors (Lipinski definition) is 2. The van der Waals surface area contributed by atoms with Crippen LogP contribution in [0.4, 0.5) is 9.59 Å². The average molecular weight is 506 g/mol. The first-order valence-corrected chi connectivity index (χ1v) is 12.3. The van der Waals surface area contributed by atoms with Crippen LogP contribution in [0.2, 0.25) is 0 Å². The van der Waals surface area contributed by atoms with Crippen molar-refractivity contribution in [1.29, 1.82) is 0 Å². The number of nitrogens with one attached hydrogen (secondary N) is 1. The number of amides is 2. The fraction of sp³-hybridized carbons (Fsp3) is 0.345. The SMILES string of the molecule is CC(C)(C)OC(=O)N[C@@H](Cc1ccccc1)[C@H](O)CN(Cc1ccccn1)C(=O)OCc1ccccc1. The molecule has 1 aromatic heterocycles. The lowest BCUT2D eigenvalue weighted by atomic mass is 10.0. The van der Waals surface area contributed by atoms with Crippen LogP contribution in [0, 0.1) is 0 Å². The highest BCUT2D eigenvalue weighted by Crippen LogP contribution is 2.14. The summed E-state index contributed by atoms with van der Waals surface area (Å²) in [5.41, 5.74) is 1.72. The van der Waals surface area contributed by atoms with Crippen molar-refractivity contribution < 1.29 is 24.2 Å². The normalized spacial score (nSPS) is 12.8. The summed E-state index contributed by atoms with van der Waals surface area (Å²) in [6.07, 6.45) is -0.361. The number of aliphatic hydroxyl groups excluding tert-OH is 1. The molecule has 0 fully saturated rings. The molecule has 1 heterocycles. The smallest absolute Gasteiger partial charge is 0.410 e. The molecule has 0 aliphatic rings. The largest absolute Gasteiger partial charge is 0.445 e. The predicted molar refractivity (Wildman–Crippen MR) is 141 cm³/mol. The van der Waals surface area contributed by atoms with E-state index in [0.717, 1.165) is 11.1 Å². The van der Waals surface area contributed by atoms with Crippen LogP contribution < -0.4 is 5.32 Å². The van der Waals surface area contributed by atoms with Gasteiger partial charge in [-0.2, -0.15) is 0 Å². The van der Waals surface area contributed by atoms with Gasteiger partial charge in [-0.1, -0.05) is 66.7 Å². The number of aliphatic hydroxyl groups is 1. The number of alkyl carbamates (subject to hydrolysis) is 1. The Morgan fingerprint density at radius 1 is 0.946 bits per heavy atom. The zero-order chi connectivity index (χ0) is 26.7. The van der Waals surface area contributed by atoms with Gasteiger partial charge in [0.05, 0.1) is 30.9 Å². The van der Waals surface area contributed by atoms with E-state index in [-0.39, 0.29) is 19.7 Å². The van der Waals surface area contributed by atoms with Crippen LogP contribution in [0.1, 0.15) is 37.6 Å². The standard InChI is InChI=1S/C29H35N3O5/c1-29(2,3)37-27(34)31-25(18-22-12-6-4-7-13-22)26(33)20-32(19-24-16-10-11-17-30-24)28(35)36-21-23-14-8-5-9-15-23/h4-17,25-26,33H,18-21H2,1-3H3,(H,31,34)/t25-,26+/m0/s1. The van der Waals surface area contributed by atoms with Crippen molar-refractivity contribution in [3.63, 3.8) is 0 Å². The Bertz CT molecular complexity index is 1100. The van der Waals surface area contributed by atoms with E-state index < -0.39 is 29.9 Å². The Morgan fingerprint density at radius 2 is 1.57 bits per heavy atom. The highest BCUT2D eigenvalue weighted by Gasteiger charge is 2.29. The minimum atomic E-state index is -1.11. The number of nitrogens with zero attached hydrogens (tertiary/aromatic N) is 2. The fourth-order valence-corrected chi connectivity index (χ4v) is 3.66. The van der Waals surface area contributed by atoms with Gasteiger partial charge in [-0.15, -0.1) is 0 Å². The Morgan fingerprint density at radius 3 is 2.16 bits per heavy atom. The molecule has 0 aliphatic heterocycles. The molecular weight excluding hydrogens is 470 g/mol. The van der Waals surface area contributed by atoms with Crippen LogP contribution in [-0.2, 0) is 29.0 Å². The first-order valence-electron chi connectivity index (χ1n) is 12.3. The summed E-state index contributed by atoms with van der Waals surface area (Å²) >= 11 is 0. The molecule has 8 heteroatoms. The second kappa shape index (κ2) is 13.4. The third-order valence-electron chi connectivity index (χ3n) is 5.41. The third-order valence-corrected chi connectivity index (χ3v) is 5.41. The zero-order valence-electron chi connectivity index (χ0n) is 21.5. The maximum absolute atomic E-state index is 13.1. The van der Waals surface area contributed by atoms with Crippen molar-refractivity contribution in [3.8, 4) is 0 Å². The molecular formula is C29H35N3O5. The van der Waals surface area contributed by atoms with E-state index in [1.54, 1.807) is 39.1 Å². The van der Waals surface area contributed by atoms with E-state index in [1.807, 2.05) is 66.7 Å². The number of aromatic nitrogens is 1. The van der Waals surface area contributed by atoms with Crippen molar-refractivity contribution >= 4 is 12.2 Å². The van der Waals surface area contributed by atoms with Gasteiger partial charge in [-0.25, -0.2) is 9.59 Å². The molecule has 0 spiro atoms. The highest BCUT2D eigenvalue weighted by atomic mass is 16.6. The number of rotatable bonds is 10. The Hall–Kier alpha value is -3.91. The van der Waals surface area contributed by atoms with Gasteiger partial charge in [0.1, 0.15) is 12.2 Å². The van der Waals surface area contributed by atoms with Crippen LogP contribution >= 0.6 is 0 Å². The molecule has 0 unspecified atom stereocenters. The summed E-state index contributed by atoms with van der Waals surface area (Å²) in [4.78, 5) is 31.4. The van der Waals surface area contributed by atoms with Crippen molar-refractivity contribution in [1.82, 2.24) is 15.2 Å². The van der Waals surface area contributed by atoms with Crippen molar-refractivity contribution in [2.45, 2.75) is 58.1 Å². The van der Waals surface area contributed by atoms with Crippen LogP contribution in [0.15, 0.2) is 85.1 Å². The van der Waals surface area contributed by atoms with E-state index in [1.165, 1.54) is 4.90 Å². The monoisotopic (exact) mass is 505 g/mol.